The lowest BCUT2D eigenvalue weighted by atomic mass is 10.2. The minimum absolute atomic E-state index is 0.0830. The van der Waals surface area contributed by atoms with Gasteiger partial charge in [-0.05, 0) is 34.9 Å². The highest BCUT2D eigenvalue weighted by atomic mass is 16.6. The number of hydrogen-bond acceptors (Lipinski definition) is 15. The van der Waals surface area contributed by atoms with Crippen molar-refractivity contribution in [3.8, 4) is 0 Å². The molecule has 0 bridgehead atoms. The summed E-state index contributed by atoms with van der Waals surface area (Å²) < 4.78 is 70.4. The lowest BCUT2D eigenvalue weighted by Crippen LogP contribution is -2.27. The second-order valence-corrected chi connectivity index (χ2v) is 11.2. The van der Waals surface area contributed by atoms with Gasteiger partial charge in [0.15, 0.2) is 0 Å². The van der Waals surface area contributed by atoms with Gasteiger partial charge in [0.25, 0.3) is 0 Å². The smallest absolute Gasteiger partial charge is 0.332 e. The van der Waals surface area contributed by atoms with Crippen LogP contribution in [0.15, 0.2) is 0 Å². The van der Waals surface area contributed by atoms with Gasteiger partial charge in [-0.15, -0.1) is 0 Å². The van der Waals surface area contributed by atoms with Crippen molar-refractivity contribution in [3.05, 3.63) is 0 Å². The highest BCUT2D eigenvalue weighted by molar-refractivity contribution is 5.71. The van der Waals surface area contributed by atoms with E-state index in [1.54, 1.807) is 0 Å². The number of esters is 1. The fourth-order valence-electron chi connectivity index (χ4n) is 3.19. The van der Waals surface area contributed by atoms with E-state index in [9.17, 15) is 4.79 Å². The Hall–Kier alpha value is -1.05. The SMILES string of the molecule is CN(C)CCOCCOCCOCCOCCOCCOCCOCCOCCOCCOCCOCCOCC(=O)OC(C)(C)C. The molecule has 0 atom stereocenters. The van der Waals surface area contributed by atoms with Crippen molar-refractivity contribution in [1.82, 2.24) is 4.90 Å². The van der Waals surface area contributed by atoms with E-state index in [4.69, 9.17) is 61.6 Å². The van der Waals surface area contributed by atoms with Crippen LogP contribution in [-0.2, 0) is 66.4 Å². The molecule has 0 saturated carbocycles. The summed E-state index contributed by atoms with van der Waals surface area (Å²) in [7, 11) is 4.04. The van der Waals surface area contributed by atoms with Gasteiger partial charge in [0.05, 0.1) is 152 Å². The molecule has 0 aromatic carbocycles. The Labute approximate surface area is 282 Å². The van der Waals surface area contributed by atoms with Crippen molar-refractivity contribution >= 4 is 5.97 Å². The summed E-state index contributed by atoms with van der Waals surface area (Å²) >= 11 is 0. The zero-order chi connectivity index (χ0) is 34.5. The molecule has 0 spiro atoms. The third kappa shape index (κ3) is 42.9. The monoisotopic (exact) mass is 687 g/mol. The Morgan fingerprint density at radius 1 is 0.383 bits per heavy atom. The van der Waals surface area contributed by atoms with Gasteiger partial charge in [-0.2, -0.15) is 0 Å². The van der Waals surface area contributed by atoms with Crippen LogP contribution >= 0.6 is 0 Å². The molecule has 0 aliphatic heterocycles. The maximum absolute atomic E-state index is 11.5. The van der Waals surface area contributed by atoms with Crippen LogP contribution in [0.2, 0.25) is 0 Å². The number of rotatable bonds is 38. The minimum Gasteiger partial charge on any atom is -0.458 e. The molecular formula is C32H65NO14. The Bertz CT molecular complexity index is 639. The summed E-state index contributed by atoms with van der Waals surface area (Å²) in [6.07, 6.45) is 0. The molecule has 0 rings (SSSR count). The van der Waals surface area contributed by atoms with E-state index in [2.05, 4.69) is 4.90 Å². The fourth-order valence-corrected chi connectivity index (χ4v) is 3.19. The first kappa shape index (κ1) is 46.0. The van der Waals surface area contributed by atoms with Crippen LogP contribution in [0.1, 0.15) is 20.8 Å². The number of ether oxygens (including phenoxy) is 13. The van der Waals surface area contributed by atoms with E-state index in [-0.39, 0.29) is 12.6 Å². The number of hydrogen-bond donors (Lipinski definition) is 0. The quantitative estimate of drug-likeness (QED) is 0.0675. The lowest BCUT2D eigenvalue weighted by molar-refractivity contribution is -0.160. The van der Waals surface area contributed by atoms with Crippen LogP contribution in [0.3, 0.4) is 0 Å². The first-order valence-corrected chi connectivity index (χ1v) is 16.6. The van der Waals surface area contributed by atoms with Crippen molar-refractivity contribution in [3.63, 3.8) is 0 Å². The van der Waals surface area contributed by atoms with Crippen LogP contribution in [-0.4, -0.2) is 196 Å². The third-order valence-electron chi connectivity index (χ3n) is 5.41. The van der Waals surface area contributed by atoms with Crippen LogP contribution in [0.25, 0.3) is 0 Å². The van der Waals surface area contributed by atoms with Crippen molar-refractivity contribution in [2.24, 2.45) is 0 Å². The average molecular weight is 688 g/mol. The summed E-state index contributed by atoms with van der Waals surface area (Å²) in [6.45, 7) is 17.8. The molecule has 0 aliphatic carbocycles. The molecule has 15 heteroatoms. The highest BCUT2D eigenvalue weighted by Crippen LogP contribution is 2.06. The van der Waals surface area contributed by atoms with Crippen LogP contribution in [0.5, 0.6) is 0 Å². The summed E-state index contributed by atoms with van der Waals surface area (Å²) in [4.78, 5) is 13.6. The molecule has 0 fully saturated rings. The molecule has 0 aliphatic rings. The maximum Gasteiger partial charge on any atom is 0.332 e. The predicted octanol–water partition coefficient (Wildman–Crippen LogP) is 1.09. The van der Waals surface area contributed by atoms with Crippen molar-refractivity contribution in [1.29, 1.82) is 0 Å². The highest BCUT2D eigenvalue weighted by Gasteiger charge is 2.15. The summed E-state index contributed by atoms with van der Waals surface area (Å²) in [5.41, 5.74) is -0.511. The lowest BCUT2D eigenvalue weighted by Gasteiger charge is -2.19. The molecule has 0 aromatic heterocycles. The zero-order valence-electron chi connectivity index (χ0n) is 29.8. The summed E-state index contributed by atoms with van der Waals surface area (Å²) in [6, 6.07) is 0. The molecule has 0 N–H and O–H groups in total. The van der Waals surface area contributed by atoms with Gasteiger partial charge in [0.2, 0.25) is 0 Å². The molecule has 0 unspecified atom stereocenters. The van der Waals surface area contributed by atoms with E-state index < -0.39 is 5.60 Å². The minimum atomic E-state index is -0.511. The Morgan fingerprint density at radius 3 is 0.809 bits per heavy atom. The van der Waals surface area contributed by atoms with Gasteiger partial charge < -0.3 is 66.5 Å². The predicted molar refractivity (Wildman–Crippen MR) is 174 cm³/mol. The fraction of sp³-hybridized carbons (Fsp3) is 0.969. The molecule has 0 saturated heterocycles. The van der Waals surface area contributed by atoms with Crippen LogP contribution in [0.4, 0.5) is 0 Å². The second kappa shape index (κ2) is 36.2. The normalized spacial score (nSPS) is 12.0. The van der Waals surface area contributed by atoms with Gasteiger partial charge in [-0.1, -0.05) is 0 Å². The molecule has 47 heavy (non-hydrogen) atoms. The molecule has 15 nitrogen and oxygen atoms in total. The van der Waals surface area contributed by atoms with Crippen molar-refractivity contribution in [2.75, 3.05) is 179 Å². The number of carbonyl (C=O) groups is 1. The average Bonchev–Trinajstić information content (AvgIpc) is 3.01. The van der Waals surface area contributed by atoms with Gasteiger partial charge in [0, 0.05) is 6.54 Å². The standard InChI is InChI=1S/C32H65NO14/c1-32(2,3)47-31(34)30-46-29-28-45-27-26-44-25-24-43-23-22-42-21-20-41-19-18-40-17-16-39-15-14-38-13-12-37-11-10-36-9-8-35-7-6-33(4)5/h6-30H2,1-5H3. The van der Waals surface area contributed by atoms with E-state index >= 15 is 0 Å². The second-order valence-electron chi connectivity index (χ2n) is 11.2. The summed E-state index contributed by atoms with van der Waals surface area (Å²) in [5.74, 6) is -0.386. The van der Waals surface area contributed by atoms with E-state index in [0.717, 1.165) is 6.54 Å². The Kier molecular flexibility index (Phi) is 35.4. The summed E-state index contributed by atoms with van der Waals surface area (Å²) in [5, 5.41) is 0. The first-order chi connectivity index (χ1) is 22.8. The molecule has 0 aromatic rings. The third-order valence-corrected chi connectivity index (χ3v) is 5.41. The number of nitrogens with zero attached hydrogens (tertiary/aromatic N) is 1. The molecule has 0 amide bonds. The Morgan fingerprint density at radius 2 is 0.596 bits per heavy atom. The molecule has 282 valence electrons. The zero-order valence-corrected chi connectivity index (χ0v) is 29.8. The van der Waals surface area contributed by atoms with E-state index in [1.807, 2.05) is 34.9 Å². The van der Waals surface area contributed by atoms with E-state index in [0.29, 0.717) is 152 Å². The van der Waals surface area contributed by atoms with Crippen molar-refractivity contribution < 1.29 is 66.4 Å². The first-order valence-electron chi connectivity index (χ1n) is 16.6. The van der Waals surface area contributed by atoms with Crippen LogP contribution < -0.4 is 0 Å². The molecule has 0 heterocycles. The largest absolute Gasteiger partial charge is 0.458 e. The topological polar surface area (TPSA) is 140 Å². The number of carbonyl (C=O) groups excluding carboxylic acids is 1. The van der Waals surface area contributed by atoms with Gasteiger partial charge in [-0.3, -0.25) is 0 Å². The molecular weight excluding hydrogens is 622 g/mol. The maximum atomic E-state index is 11.5. The van der Waals surface area contributed by atoms with E-state index in [1.165, 1.54) is 0 Å². The number of likely N-dealkylation sites (N-methyl/N-ethyl adjacent to an activating group) is 1. The van der Waals surface area contributed by atoms with Crippen LogP contribution in [0, 0.1) is 0 Å². The van der Waals surface area contributed by atoms with Crippen molar-refractivity contribution in [2.45, 2.75) is 26.4 Å². The van der Waals surface area contributed by atoms with Gasteiger partial charge in [-0.25, -0.2) is 4.79 Å². The van der Waals surface area contributed by atoms with Gasteiger partial charge in [0.1, 0.15) is 12.2 Å². The Balaban J connectivity index is 3.09. The van der Waals surface area contributed by atoms with Gasteiger partial charge >= 0.3 is 5.97 Å². The molecule has 0 radical (unpaired) electrons.